The molecule has 0 amide bonds. The van der Waals surface area contributed by atoms with Gasteiger partial charge in [-0.1, -0.05) is 12.1 Å². The lowest BCUT2D eigenvalue weighted by Gasteiger charge is -2.11. The largest absolute Gasteiger partial charge is 0.405 e. The van der Waals surface area contributed by atoms with Crippen LogP contribution in [0.25, 0.3) is 0 Å². The summed E-state index contributed by atoms with van der Waals surface area (Å²) >= 11 is 1.42. The van der Waals surface area contributed by atoms with Crippen LogP contribution in [0.1, 0.15) is 0 Å². The fourth-order valence-electron chi connectivity index (χ4n) is 0.986. The summed E-state index contributed by atoms with van der Waals surface area (Å²) in [5, 5.41) is 2.36. The first-order chi connectivity index (χ1) is 6.53. The third-order valence-corrected chi connectivity index (χ3v) is 2.38. The van der Waals surface area contributed by atoms with Gasteiger partial charge in [0.05, 0.1) is 0 Å². The lowest BCUT2D eigenvalue weighted by Crippen LogP contribution is -2.21. The Morgan fingerprint density at radius 3 is 2.50 bits per heavy atom. The number of hydrogen-bond acceptors (Lipinski definition) is 2. The average molecular weight is 221 g/mol. The summed E-state index contributed by atoms with van der Waals surface area (Å²) in [5.41, 5.74) is 0.525. The van der Waals surface area contributed by atoms with Crippen molar-refractivity contribution in [2.45, 2.75) is 11.1 Å². The maximum Gasteiger partial charge on any atom is 0.405 e. The van der Waals surface area contributed by atoms with Gasteiger partial charge >= 0.3 is 6.18 Å². The summed E-state index contributed by atoms with van der Waals surface area (Å²) in [6.07, 6.45) is -2.35. The van der Waals surface area contributed by atoms with E-state index in [-0.39, 0.29) is 0 Å². The minimum Gasteiger partial charge on any atom is -0.376 e. The topological polar surface area (TPSA) is 12.0 Å². The highest BCUT2D eigenvalue weighted by molar-refractivity contribution is 7.98. The second kappa shape index (κ2) is 4.59. The second-order valence-corrected chi connectivity index (χ2v) is 3.52. The van der Waals surface area contributed by atoms with E-state index in [2.05, 4.69) is 5.32 Å². The Balaban J connectivity index is 2.67. The number of rotatable bonds is 3. The van der Waals surface area contributed by atoms with Crippen molar-refractivity contribution >= 4 is 17.4 Å². The van der Waals surface area contributed by atoms with Gasteiger partial charge in [-0.3, -0.25) is 0 Å². The fourth-order valence-corrected chi connectivity index (χ4v) is 1.56. The molecule has 0 aliphatic rings. The molecule has 0 atom stereocenters. The zero-order valence-corrected chi connectivity index (χ0v) is 8.38. The van der Waals surface area contributed by atoms with Crippen LogP contribution in [0.3, 0.4) is 0 Å². The summed E-state index contributed by atoms with van der Waals surface area (Å²) in [5.74, 6) is 0. The summed E-state index contributed by atoms with van der Waals surface area (Å²) in [7, 11) is 0. The molecule has 78 valence electrons. The Morgan fingerprint density at radius 1 is 1.29 bits per heavy atom. The zero-order chi connectivity index (χ0) is 10.6. The molecule has 0 aliphatic carbocycles. The quantitative estimate of drug-likeness (QED) is 0.785. The van der Waals surface area contributed by atoms with Gasteiger partial charge in [-0.15, -0.1) is 11.8 Å². The number of hydrogen-bond donors (Lipinski definition) is 1. The number of thioether (sulfide) groups is 1. The third kappa shape index (κ3) is 3.49. The molecule has 0 spiro atoms. The van der Waals surface area contributed by atoms with Gasteiger partial charge in [-0.25, -0.2) is 0 Å². The van der Waals surface area contributed by atoms with Crippen molar-refractivity contribution in [1.82, 2.24) is 0 Å². The van der Waals surface area contributed by atoms with Gasteiger partial charge in [0.15, 0.2) is 0 Å². The van der Waals surface area contributed by atoms with Gasteiger partial charge in [-0.2, -0.15) is 13.2 Å². The molecule has 14 heavy (non-hydrogen) atoms. The SMILES string of the molecule is CSc1ccccc1NCC(F)(F)F. The van der Waals surface area contributed by atoms with Crippen molar-refractivity contribution in [1.29, 1.82) is 0 Å². The molecule has 0 aromatic heterocycles. The summed E-state index contributed by atoms with van der Waals surface area (Å²) in [4.78, 5) is 0.816. The zero-order valence-electron chi connectivity index (χ0n) is 7.56. The van der Waals surface area contributed by atoms with Gasteiger partial charge in [-0.05, 0) is 18.4 Å². The molecule has 1 rings (SSSR count). The van der Waals surface area contributed by atoms with E-state index in [1.165, 1.54) is 11.8 Å². The van der Waals surface area contributed by atoms with Crippen molar-refractivity contribution in [3.05, 3.63) is 24.3 Å². The van der Waals surface area contributed by atoms with Crippen LogP contribution in [-0.2, 0) is 0 Å². The number of anilines is 1. The Hall–Kier alpha value is -0.840. The fraction of sp³-hybridized carbons (Fsp3) is 0.333. The highest BCUT2D eigenvalue weighted by Gasteiger charge is 2.26. The Labute approximate surface area is 84.7 Å². The van der Waals surface area contributed by atoms with Crippen molar-refractivity contribution in [3.8, 4) is 0 Å². The van der Waals surface area contributed by atoms with E-state index < -0.39 is 12.7 Å². The molecule has 1 nitrogen and oxygen atoms in total. The molecule has 0 aliphatic heterocycles. The minimum absolute atomic E-state index is 0.525. The Bertz CT molecular complexity index is 298. The molecule has 0 fully saturated rings. The minimum atomic E-state index is -4.18. The molecule has 0 heterocycles. The maximum absolute atomic E-state index is 11.9. The molecule has 0 bridgehead atoms. The van der Waals surface area contributed by atoms with Gasteiger partial charge in [0.1, 0.15) is 6.54 Å². The molecule has 1 aromatic rings. The normalized spacial score (nSPS) is 11.4. The number of benzene rings is 1. The van der Waals surface area contributed by atoms with Crippen LogP contribution in [-0.4, -0.2) is 19.0 Å². The molecule has 0 unspecified atom stereocenters. The summed E-state index contributed by atoms with van der Waals surface area (Å²) < 4.78 is 35.7. The second-order valence-electron chi connectivity index (χ2n) is 2.67. The molecule has 0 saturated carbocycles. The number of para-hydroxylation sites is 1. The maximum atomic E-state index is 11.9. The van der Waals surface area contributed by atoms with Crippen LogP contribution in [0.5, 0.6) is 0 Å². The predicted molar refractivity (Wildman–Crippen MR) is 52.8 cm³/mol. The van der Waals surface area contributed by atoms with E-state index in [0.717, 1.165) is 4.90 Å². The highest BCUT2D eigenvalue weighted by Crippen LogP contribution is 2.25. The van der Waals surface area contributed by atoms with E-state index >= 15 is 0 Å². The van der Waals surface area contributed by atoms with E-state index in [9.17, 15) is 13.2 Å². The number of halogens is 3. The standard InChI is InChI=1S/C9H10F3NS/c1-14-8-5-3-2-4-7(8)13-6-9(10,11)12/h2-5,13H,6H2,1H3. The Kier molecular flexibility index (Phi) is 3.69. The van der Waals surface area contributed by atoms with Crippen LogP contribution in [0.15, 0.2) is 29.2 Å². The van der Waals surface area contributed by atoms with Gasteiger partial charge in [0, 0.05) is 10.6 Å². The number of nitrogens with one attached hydrogen (secondary N) is 1. The van der Waals surface area contributed by atoms with Crippen LogP contribution < -0.4 is 5.32 Å². The van der Waals surface area contributed by atoms with E-state index in [4.69, 9.17) is 0 Å². The molecule has 5 heteroatoms. The first-order valence-corrected chi connectivity index (χ1v) is 5.19. The summed E-state index contributed by atoms with van der Waals surface area (Å²) in [6, 6.07) is 6.92. The van der Waals surface area contributed by atoms with E-state index in [1.54, 1.807) is 24.3 Å². The van der Waals surface area contributed by atoms with Crippen molar-refractivity contribution in [2.75, 3.05) is 18.1 Å². The molecule has 0 saturated heterocycles. The molecule has 0 radical (unpaired) electrons. The van der Waals surface area contributed by atoms with Crippen molar-refractivity contribution in [2.24, 2.45) is 0 Å². The van der Waals surface area contributed by atoms with Gasteiger partial charge < -0.3 is 5.32 Å². The van der Waals surface area contributed by atoms with Crippen molar-refractivity contribution < 1.29 is 13.2 Å². The molecule has 1 N–H and O–H groups in total. The van der Waals surface area contributed by atoms with Gasteiger partial charge in [0.25, 0.3) is 0 Å². The average Bonchev–Trinajstić information content (AvgIpc) is 2.14. The predicted octanol–water partition coefficient (Wildman–Crippen LogP) is 3.38. The third-order valence-electron chi connectivity index (χ3n) is 1.59. The van der Waals surface area contributed by atoms with Crippen LogP contribution >= 0.6 is 11.8 Å². The van der Waals surface area contributed by atoms with Crippen LogP contribution in [0.4, 0.5) is 18.9 Å². The first-order valence-electron chi connectivity index (χ1n) is 3.96. The number of alkyl halides is 3. The smallest absolute Gasteiger partial charge is 0.376 e. The monoisotopic (exact) mass is 221 g/mol. The first kappa shape index (κ1) is 11.2. The highest BCUT2D eigenvalue weighted by atomic mass is 32.2. The molecular weight excluding hydrogens is 211 g/mol. The lowest BCUT2D eigenvalue weighted by atomic mass is 10.3. The van der Waals surface area contributed by atoms with Crippen LogP contribution in [0, 0.1) is 0 Å². The molecule has 1 aromatic carbocycles. The van der Waals surface area contributed by atoms with Crippen LogP contribution in [0.2, 0.25) is 0 Å². The molecular formula is C9H10F3NS. The van der Waals surface area contributed by atoms with E-state index in [1.807, 2.05) is 6.26 Å². The summed E-state index contributed by atoms with van der Waals surface area (Å²) in [6.45, 7) is -0.995. The Morgan fingerprint density at radius 2 is 1.93 bits per heavy atom. The lowest BCUT2D eigenvalue weighted by molar-refractivity contribution is -0.115. The van der Waals surface area contributed by atoms with Gasteiger partial charge in [0.2, 0.25) is 0 Å². The van der Waals surface area contributed by atoms with E-state index in [0.29, 0.717) is 5.69 Å². The van der Waals surface area contributed by atoms with Crippen molar-refractivity contribution in [3.63, 3.8) is 0 Å².